The van der Waals surface area contributed by atoms with E-state index in [1.165, 1.54) is 7.11 Å². The lowest BCUT2D eigenvalue weighted by Crippen LogP contribution is -2.13. The highest BCUT2D eigenvalue weighted by Crippen LogP contribution is 2.18. The zero-order valence-electron chi connectivity index (χ0n) is 10.5. The van der Waals surface area contributed by atoms with Crippen molar-refractivity contribution in [1.82, 2.24) is 0 Å². The molecule has 2 N–H and O–H groups in total. The molecule has 6 nitrogen and oxygen atoms in total. The van der Waals surface area contributed by atoms with Crippen LogP contribution in [-0.4, -0.2) is 19.1 Å². The molecule has 20 heavy (non-hydrogen) atoms. The molecular weight excluding hydrogens is 328 g/mol. The van der Waals surface area contributed by atoms with Crippen molar-refractivity contribution in [2.45, 2.75) is 0 Å². The van der Waals surface area contributed by atoms with Crippen LogP contribution in [0.2, 0.25) is 0 Å². The number of nitrogens with one attached hydrogen (secondary N) is 2. The Morgan fingerprint density at radius 1 is 1.15 bits per heavy atom. The van der Waals surface area contributed by atoms with Gasteiger partial charge in [0.1, 0.15) is 0 Å². The van der Waals surface area contributed by atoms with Gasteiger partial charge in [0.05, 0.1) is 7.11 Å². The first-order valence-electron chi connectivity index (χ1n) is 5.60. The fourth-order valence-electron chi connectivity index (χ4n) is 1.47. The number of carbonyl (C=O) groups excluding carboxylic acids is 2. The Balaban J connectivity index is 2.08. The Labute approximate surface area is 123 Å². The molecular formula is C13H11BrN2O4. The minimum atomic E-state index is -0.580. The number of rotatable bonds is 3. The van der Waals surface area contributed by atoms with Gasteiger partial charge in [-0.1, -0.05) is 6.07 Å². The van der Waals surface area contributed by atoms with Crippen LogP contribution in [0.15, 0.2) is 45.5 Å². The zero-order chi connectivity index (χ0) is 14.5. The van der Waals surface area contributed by atoms with Gasteiger partial charge in [0.2, 0.25) is 0 Å². The summed E-state index contributed by atoms with van der Waals surface area (Å²) in [6, 6.07) is 9.85. The van der Waals surface area contributed by atoms with E-state index in [4.69, 9.17) is 4.42 Å². The van der Waals surface area contributed by atoms with E-state index in [-0.39, 0.29) is 11.7 Å². The minimum absolute atomic E-state index is 0.184. The quantitative estimate of drug-likeness (QED) is 0.897. The highest BCUT2D eigenvalue weighted by atomic mass is 79.9. The second-order valence-corrected chi connectivity index (χ2v) is 4.54. The third-order valence-electron chi connectivity index (χ3n) is 2.35. The lowest BCUT2D eigenvalue weighted by atomic mass is 10.2. The van der Waals surface area contributed by atoms with Crippen LogP contribution in [0.1, 0.15) is 10.6 Å². The van der Waals surface area contributed by atoms with E-state index >= 15 is 0 Å². The third-order valence-corrected chi connectivity index (χ3v) is 2.78. The Hall–Kier alpha value is -2.28. The normalized spacial score (nSPS) is 9.90. The van der Waals surface area contributed by atoms with Crippen molar-refractivity contribution in [2.75, 3.05) is 17.7 Å². The van der Waals surface area contributed by atoms with Crippen LogP contribution in [0.4, 0.5) is 16.2 Å². The molecule has 7 heteroatoms. The smallest absolute Gasteiger partial charge is 0.411 e. The van der Waals surface area contributed by atoms with Crippen molar-refractivity contribution >= 4 is 39.3 Å². The lowest BCUT2D eigenvalue weighted by Gasteiger charge is -2.07. The lowest BCUT2D eigenvalue weighted by molar-refractivity contribution is 0.0995. The first kappa shape index (κ1) is 14.1. The van der Waals surface area contributed by atoms with Crippen LogP contribution in [0.25, 0.3) is 0 Å². The van der Waals surface area contributed by atoms with Gasteiger partial charge in [0.25, 0.3) is 5.91 Å². The second-order valence-electron chi connectivity index (χ2n) is 3.76. The number of carbonyl (C=O) groups is 2. The van der Waals surface area contributed by atoms with Gasteiger partial charge in [0.15, 0.2) is 10.4 Å². The predicted octanol–water partition coefficient (Wildman–Crippen LogP) is 3.47. The standard InChI is InChI=1S/C13H11BrN2O4/c1-19-13(18)16-9-4-2-3-8(7-9)15-12(17)10-5-6-11(14)20-10/h2-7H,1H3,(H,15,17)(H,16,18). The van der Waals surface area contributed by atoms with Crippen molar-refractivity contribution in [2.24, 2.45) is 0 Å². The predicted molar refractivity (Wildman–Crippen MR) is 76.8 cm³/mol. The number of methoxy groups -OCH3 is 1. The summed E-state index contributed by atoms with van der Waals surface area (Å²) in [6.45, 7) is 0. The van der Waals surface area contributed by atoms with Gasteiger partial charge >= 0.3 is 6.09 Å². The van der Waals surface area contributed by atoms with Gasteiger partial charge < -0.3 is 14.5 Å². The molecule has 0 saturated heterocycles. The Bertz CT molecular complexity index is 639. The van der Waals surface area contributed by atoms with E-state index in [2.05, 4.69) is 31.3 Å². The Morgan fingerprint density at radius 2 is 1.85 bits per heavy atom. The number of amides is 2. The molecule has 0 bridgehead atoms. The molecule has 0 spiro atoms. The minimum Gasteiger partial charge on any atom is -0.453 e. The Kier molecular flexibility index (Phi) is 4.41. The zero-order valence-corrected chi connectivity index (χ0v) is 12.1. The third kappa shape index (κ3) is 3.61. The van der Waals surface area contributed by atoms with Gasteiger partial charge in [-0.3, -0.25) is 10.1 Å². The highest BCUT2D eigenvalue weighted by molar-refractivity contribution is 9.10. The van der Waals surface area contributed by atoms with Crippen molar-refractivity contribution in [1.29, 1.82) is 0 Å². The first-order chi connectivity index (χ1) is 9.58. The van der Waals surface area contributed by atoms with Crippen molar-refractivity contribution in [3.8, 4) is 0 Å². The monoisotopic (exact) mass is 338 g/mol. The van der Waals surface area contributed by atoms with E-state index in [9.17, 15) is 9.59 Å². The molecule has 0 aliphatic carbocycles. The van der Waals surface area contributed by atoms with Gasteiger partial charge in [-0.05, 0) is 46.3 Å². The molecule has 1 heterocycles. The molecule has 0 radical (unpaired) electrons. The van der Waals surface area contributed by atoms with Crippen molar-refractivity contribution in [3.05, 3.63) is 46.8 Å². The molecule has 0 unspecified atom stereocenters. The van der Waals surface area contributed by atoms with Crippen LogP contribution in [0.3, 0.4) is 0 Å². The van der Waals surface area contributed by atoms with Crippen LogP contribution in [0.5, 0.6) is 0 Å². The number of halogens is 1. The van der Waals surface area contributed by atoms with E-state index in [1.807, 2.05) is 0 Å². The molecule has 0 aliphatic heterocycles. The maximum atomic E-state index is 11.9. The molecule has 0 atom stereocenters. The number of benzene rings is 1. The topological polar surface area (TPSA) is 80.6 Å². The molecule has 1 aromatic heterocycles. The van der Waals surface area contributed by atoms with Gasteiger partial charge in [-0.15, -0.1) is 0 Å². The molecule has 2 rings (SSSR count). The summed E-state index contributed by atoms with van der Waals surface area (Å²) in [5.74, 6) is -0.200. The average Bonchev–Trinajstić information content (AvgIpc) is 2.86. The molecule has 1 aromatic carbocycles. The van der Waals surface area contributed by atoms with Gasteiger partial charge in [-0.2, -0.15) is 0 Å². The number of ether oxygens (including phenoxy) is 1. The van der Waals surface area contributed by atoms with Crippen molar-refractivity contribution < 1.29 is 18.7 Å². The molecule has 2 aromatic rings. The highest BCUT2D eigenvalue weighted by Gasteiger charge is 2.11. The van der Waals surface area contributed by atoms with Gasteiger partial charge in [0, 0.05) is 11.4 Å². The maximum absolute atomic E-state index is 11.9. The Morgan fingerprint density at radius 3 is 2.45 bits per heavy atom. The molecule has 104 valence electrons. The van der Waals surface area contributed by atoms with E-state index in [0.717, 1.165) is 0 Å². The fourth-order valence-corrected chi connectivity index (χ4v) is 1.78. The van der Waals surface area contributed by atoms with Crippen LogP contribution >= 0.6 is 15.9 Å². The van der Waals surface area contributed by atoms with Gasteiger partial charge in [-0.25, -0.2) is 4.79 Å². The molecule has 0 fully saturated rings. The molecule has 0 aliphatic rings. The molecule has 0 saturated carbocycles. The van der Waals surface area contributed by atoms with E-state index < -0.39 is 6.09 Å². The fraction of sp³-hybridized carbons (Fsp3) is 0.0769. The largest absolute Gasteiger partial charge is 0.453 e. The van der Waals surface area contributed by atoms with E-state index in [0.29, 0.717) is 16.0 Å². The summed E-state index contributed by atoms with van der Waals surface area (Å²) in [6.07, 6.45) is -0.580. The summed E-state index contributed by atoms with van der Waals surface area (Å²) in [5.41, 5.74) is 1.03. The second kappa shape index (κ2) is 6.25. The van der Waals surface area contributed by atoms with E-state index in [1.54, 1.807) is 36.4 Å². The number of hydrogen-bond acceptors (Lipinski definition) is 4. The summed E-state index contributed by atoms with van der Waals surface area (Å²) in [5, 5.41) is 5.16. The van der Waals surface area contributed by atoms with Crippen LogP contribution in [-0.2, 0) is 4.74 Å². The summed E-state index contributed by atoms with van der Waals surface area (Å²) < 4.78 is 10.1. The average molecular weight is 339 g/mol. The maximum Gasteiger partial charge on any atom is 0.411 e. The molecule has 2 amide bonds. The summed E-state index contributed by atoms with van der Waals surface area (Å²) >= 11 is 3.12. The summed E-state index contributed by atoms with van der Waals surface area (Å²) in [4.78, 5) is 23.0. The SMILES string of the molecule is COC(=O)Nc1cccc(NC(=O)c2ccc(Br)o2)c1. The number of anilines is 2. The first-order valence-corrected chi connectivity index (χ1v) is 6.39. The number of hydrogen-bond donors (Lipinski definition) is 2. The van der Waals surface area contributed by atoms with Crippen molar-refractivity contribution in [3.63, 3.8) is 0 Å². The van der Waals surface area contributed by atoms with Crippen LogP contribution < -0.4 is 10.6 Å². The summed E-state index contributed by atoms with van der Waals surface area (Å²) in [7, 11) is 1.27. The number of furan rings is 1. The van der Waals surface area contributed by atoms with Crippen LogP contribution in [0, 0.1) is 0 Å².